The van der Waals surface area contributed by atoms with Crippen LogP contribution in [0.4, 0.5) is 14.5 Å². The van der Waals surface area contributed by atoms with E-state index in [-0.39, 0.29) is 35.8 Å². The van der Waals surface area contributed by atoms with E-state index in [0.717, 1.165) is 38.4 Å². The Hall–Kier alpha value is -1.32. The first-order valence-electron chi connectivity index (χ1n) is 8.90. The lowest BCUT2D eigenvalue weighted by atomic mass is 10.2. The van der Waals surface area contributed by atoms with Gasteiger partial charge in [-0.05, 0) is 25.0 Å². The molecule has 2 rings (SSSR count). The molecule has 0 amide bonds. The van der Waals surface area contributed by atoms with Gasteiger partial charge in [-0.1, -0.05) is 31.9 Å². The maximum Gasteiger partial charge on any atom is 0.387 e. The lowest BCUT2D eigenvalue weighted by molar-refractivity contribution is -0.0495. The summed E-state index contributed by atoms with van der Waals surface area (Å²) in [6.45, 7) is 1.77. The molecule has 1 aromatic rings. The van der Waals surface area contributed by atoms with Gasteiger partial charge in [-0.25, -0.2) is 0 Å². The minimum absolute atomic E-state index is 0. The van der Waals surface area contributed by atoms with Gasteiger partial charge in [0.25, 0.3) is 0 Å². The molecule has 1 aliphatic heterocycles. The van der Waals surface area contributed by atoms with Gasteiger partial charge in [0.15, 0.2) is 5.96 Å². The summed E-state index contributed by atoms with van der Waals surface area (Å²) in [6, 6.07) is 7.16. The zero-order chi connectivity index (χ0) is 18.1. The van der Waals surface area contributed by atoms with E-state index in [1.807, 2.05) is 12.1 Å². The van der Waals surface area contributed by atoms with Crippen LogP contribution in [-0.2, 0) is 0 Å². The number of alkyl halides is 2. The van der Waals surface area contributed by atoms with Gasteiger partial charge >= 0.3 is 6.61 Å². The molecule has 2 N–H and O–H groups in total. The van der Waals surface area contributed by atoms with E-state index in [1.54, 1.807) is 19.2 Å². The van der Waals surface area contributed by atoms with Crippen LogP contribution in [0.5, 0.6) is 5.75 Å². The topological polar surface area (TPSA) is 48.9 Å². The third-order valence-electron chi connectivity index (χ3n) is 4.25. The van der Waals surface area contributed by atoms with Crippen molar-refractivity contribution in [1.29, 1.82) is 0 Å². The average Bonchev–Trinajstić information content (AvgIpc) is 3.06. The summed E-state index contributed by atoms with van der Waals surface area (Å²) in [7, 11) is 1.76. The predicted octanol–water partition coefficient (Wildman–Crippen LogP) is 3.84. The molecule has 0 bridgehead atoms. The van der Waals surface area contributed by atoms with E-state index in [9.17, 15) is 8.78 Å². The Labute approximate surface area is 171 Å². The number of rotatable bonds is 8. The molecule has 148 valence electrons. The molecule has 8 heteroatoms. The minimum atomic E-state index is -2.82. The van der Waals surface area contributed by atoms with Gasteiger partial charge < -0.3 is 20.3 Å². The standard InChI is InChI=1S/C18H28F2N4O.HI/c1-3-4-7-11-22-18(21-2)23-14-10-12-24(13-14)15-8-5-6-9-16(15)25-17(19)20;/h5-6,8-9,14,17H,3-4,7,10-13H2,1-2H3,(H2,21,22,23);1H. The fourth-order valence-electron chi connectivity index (χ4n) is 2.98. The van der Waals surface area contributed by atoms with Crippen molar-refractivity contribution in [3.63, 3.8) is 0 Å². The molecule has 0 aromatic heterocycles. The first-order valence-corrected chi connectivity index (χ1v) is 8.90. The molecule has 1 unspecified atom stereocenters. The first kappa shape index (κ1) is 22.7. The quantitative estimate of drug-likeness (QED) is 0.256. The minimum Gasteiger partial charge on any atom is -0.433 e. The van der Waals surface area contributed by atoms with Crippen LogP contribution in [0, 0.1) is 0 Å². The summed E-state index contributed by atoms with van der Waals surface area (Å²) < 4.78 is 29.8. The molecule has 0 spiro atoms. The van der Waals surface area contributed by atoms with E-state index in [1.165, 1.54) is 12.8 Å². The zero-order valence-corrected chi connectivity index (χ0v) is 17.7. The molecular formula is C18H29F2IN4O. The number of hydrogen-bond acceptors (Lipinski definition) is 3. The summed E-state index contributed by atoms with van der Waals surface area (Å²) in [5, 5.41) is 6.73. The fraction of sp³-hybridized carbons (Fsp3) is 0.611. The van der Waals surface area contributed by atoms with Gasteiger partial charge in [-0.2, -0.15) is 8.78 Å². The zero-order valence-electron chi connectivity index (χ0n) is 15.4. The number of halogens is 3. The Morgan fingerprint density at radius 3 is 2.81 bits per heavy atom. The second kappa shape index (κ2) is 12.1. The molecule has 1 aromatic carbocycles. The smallest absolute Gasteiger partial charge is 0.387 e. The monoisotopic (exact) mass is 482 g/mol. The van der Waals surface area contributed by atoms with Gasteiger partial charge in [0.05, 0.1) is 5.69 Å². The van der Waals surface area contributed by atoms with Crippen LogP contribution in [0.15, 0.2) is 29.3 Å². The largest absolute Gasteiger partial charge is 0.433 e. The van der Waals surface area contributed by atoms with E-state index in [2.05, 4.69) is 32.2 Å². The van der Waals surface area contributed by atoms with Crippen molar-refractivity contribution in [3.05, 3.63) is 24.3 Å². The fourth-order valence-corrected chi connectivity index (χ4v) is 2.98. The SMILES string of the molecule is CCCCCNC(=NC)NC1CCN(c2ccccc2OC(F)F)C1.I. The van der Waals surface area contributed by atoms with Crippen molar-refractivity contribution < 1.29 is 13.5 Å². The number of ether oxygens (including phenoxy) is 1. The predicted molar refractivity (Wildman–Crippen MR) is 113 cm³/mol. The Morgan fingerprint density at radius 1 is 1.35 bits per heavy atom. The Balaban J connectivity index is 0.00000338. The lowest BCUT2D eigenvalue weighted by Crippen LogP contribution is -2.44. The van der Waals surface area contributed by atoms with Crippen molar-refractivity contribution in [2.45, 2.75) is 45.3 Å². The molecule has 26 heavy (non-hydrogen) atoms. The number of para-hydroxylation sites is 2. The van der Waals surface area contributed by atoms with Gasteiger partial charge in [-0.15, -0.1) is 24.0 Å². The number of anilines is 1. The molecule has 1 heterocycles. The van der Waals surface area contributed by atoms with Gasteiger partial charge in [0.2, 0.25) is 0 Å². The third kappa shape index (κ3) is 7.13. The second-order valence-electron chi connectivity index (χ2n) is 6.13. The van der Waals surface area contributed by atoms with E-state index < -0.39 is 6.61 Å². The number of benzene rings is 1. The molecule has 0 saturated carbocycles. The number of nitrogens with zero attached hydrogens (tertiary/aromatic N) is 2. The average molecular weight is 482 g/mol. The molecule has 1 saturated heterocycles. The highest BCUT2D eigenvalue weighted by Crippen LogP contribution is 2.31. The molecule has 0 radical (unpaired) electrons. The van der Waals surface area contributed by atoms with Crippen molar-refractivity contribution >= 4 is 35.6 Å². The number of aliphatic imine (C=N–C) groups is 1. The van der Waals surface area contributed by atoms with E-state index in [0.29, 0.717) is 5.69 Å². The summed E-state index contributed by atoms with van der Waals surface area (Å²) >= 11 is 0. The van der Waals surface area contributed by atoms with Gasteiger partial charge in [0, 0.05) is 32.7 Å². The Morgan fingerprint density at radius 2 is 2.12 bits per heavy atom. The van der Waals surface area contributed by atoms with Crippen LogP contribution in [0.2, 0.25) is 0 Å². The normalized spacial score (nSPS) is 17.2. The number of nitrogens with one attached hydrogen (secondary N) is 2. The Kier molecular flexibility index (Phi) is 10.6. The van der Waals surface area contributed by atoms with Crippen LogP contribution in [0.1, 0.15) is 32.6 Å². The van der Waals surface area contributed by atoms with Crippen molar-refractivity contribution in [2.75, 3.05) is 31.6 Å². The maximum atomic E-state index is 12.6. The van der Waals surface area contributed by atoms with Crippen LogP contribution < -0.4 is 20.3 Å². The lowest BCUT2D eigenvalue weighted by Gasteiger charge is -2.22. The number of unbranched alkanes of at least 4 members (excludes halogenated alkanes) is 2. The molecule has 5 nitrogen and oxygen atoms in total. The molecule has 1 atom stereocenters. The number of hydrogen-bond donors (Lipinski definition) is 2. The Bertz CT molecular complexity index is 560. The maximum absolute atomic E-state index is 12.6. The second-order valence-corrected chi connectivity index (χ2v) is 6.13. The highest BCUT2D eigenvalue weighted by Gasteiger charge is 2.25. The van der Waals surface area contributed by atoms with Crippen LogP contribution in [0.25, 0.3) is 0 Å². The van der Waals surface area contributed by atoms with Gasteiger partial charge in [0.1, 0.15) is 5.75 Å². The third-order valence-corrected chi connectivity index (χ3v) is 4.25. The molecular weight excluding hydrogens is 453 g/mol. The first-order chi connectivity index (χ1) is 12.1. The summed E-state index contributed by atoms with van der Waals surface area (Å²) in [5.41, 5.74) is 0.706. The van der Waals surface area contributed by atoms with E-state index >= 15 is 0 Å². The number of guanidine groups is 1. The van der Waals surface area contributed by atoms with Gasteiger partial charge in [-0.3, -0.25) is 4.99 Å². The summed E-state index contributed by atoms with van der Waals surface area (Å²) in [4.78, 5) is 6.33. The summed E-state index contributed by atoms with van der Waals surface area (Å²) in [6.07, 6.45) is 4.42. The van der Waals surface area contributed by atoms with Crippen molar-refractivity contribution in [3.8, 4) is 5.75 Å². The highest BCUT2D eigenvalue weighted by molar-refractivity contribution is 14.0. The van der Waals surface area contributed by atoms with Crippen LogP contribution in [0.3, 0.4) is 0 Å². The molecule has 1 aliphatic rings. The van der Waals surface area contributed by atoms with E-state index in [4.69, 9.17) is 0 Å². The van der Waals surface area contributed by atoms with Crippen molar-refractivity contribution in [1.82, 2.24) is 10.6 Å². The van der Waals surface area contributed by atoms with Crippen LogP contribution in [-0.4, -0.2) is 45.3 Å². The van der Waals surface area contributed by atoms with Crippen LogP contribution >= 0.6 is 24.0 Å². The molecule has 1 fully saturated rings. The highest BCUT2D eigenvalue weighted by atomic mass is 127. The summed E-state index contributed by atoms with van der Waals surface area (Å²) in [5.74, 6) is 1.01. The molecule has 0 aliphatic carbocycles. The van der Waals surface area contributed by atoms with Crippen molar-refractivity contribution in [2.24, 2.45) is 4.99 Å².